The van der Waals surface area contributed by atoms with E-state index in [-0.39, 0.29) is 36.2 Å². The van der Waals surface area contributed by atoms with Crippen LogP contribution in [0.1, 0.15) is 12.0 Å². The van der Waals surface area contributed by atoms with Crippen LogP contribution in [0.25, 0.3) is 0 Å². The predicted molar refractivity (Wildman–Crippen MR) is 110 cm³/mol. The van der Waals surface area contributed by atoms with E-state index in [1.807, 2.05) is 30.3 Å². The standard InChI is InChI=1S/C20H22ClN3O4S/c21-17-6-8-18(9-7-17)29(27,28)23-11-10-22-20(26)16-12-19(25)24(14-16)13-15-4-2-1-3-5-15/h1-9,16,23H,10-14H2,(H,22,26). The van der Waals surface area contributed by atoms with E-state index in [1.165, 1.54) is 24.3 Å². The van der Waals surface area contributed by atoms with E-state index < -0.39 is 15.9 Å². The topological polar surface area (TPSA) is 95.6 Å². The van der Waals surface area contributed by atoms with Crippen LogP contribution in [0.3, 0.4) is 0 Å². The molecule has 1 unspecified atom stereocenters. The normalized spacial score (nSPS) is 16.8. The van der Waals surface area contributed by atoms with Crippen molar-refractivity contribution in [2.75, 3.05) is 19.6 Å². The van der Waals surface area contributed by atoms with Gasteiger partial charge in [0.15, 0.2) is 0 Å². The number of likely N-dealkylation sites (tertiary alicyclic amines) is 1. The molecule has 2 amide bonds. The largest absolute Gasteiger partial charge is 0.354 e. The lowest BCUT2D eigenvalue weighted by Gasteiger charge is -2.16. The van der Waals surface area contributed by atoms with E-state index in [1.54, 1.807) is 4.90 Å². The smallest absolute Gasteiger partial charge is 0.240 e. The summed E-state index contributed by atoms with van der Waals surface area (Å²) in [6.45, 7) is 1.01. The Morgan fingerprint density at radius 3 is 2.45 bits per heavy atom. The second-order valence-electron chi connectivity index (χ2n) is 6.80. The highest BCUT2D eigenvalue weighted by molar-refractivity contribution is 7.89. The third-order valence-corrected chi connectivity index (χ3v) is 6.37. The Morgan fingerprint density at radius 1 is 1.07 bits per heavy atom. The zero-order chi connectivity index (χ0) is 20.9. The van der Waals surface area contributed by atoms with Crippen molar-refractivity contribution < 1.29 is 18.0 Å². The Morgan fingerprint density at radius 2 is 1.76 bits per heavy atom. The second kappa shape index (κ2) is 9.39. The Labute approximate surface area is 175 Å². The quantitative estimate of drug-likeness (QED) is 0.618. The van der Waals surface area contributed by atoms with Gasteiger partial charge in [-0.2, -0.15) is 0 Å². The van der Waals surface area contributed by atoms with Crippen molar-refractivity contribution in [1.29, 1.82) is 0 Å². The van der Waals surface area contributed by atoms with Crippen molar-refractivity contribution in [2.45, 2.75) is 17.9 Å². The number of nitrogens with zero attached hydrogens (tertiary/aromatic N) is 1. The molecule has 0 saturated carbocycles. The summed E-state index contributed by atoms with van der Waals surface area (Å²) in [5.74, 6) is -0.740. The van der Waals surface area contributed by atoms with Gasteiger partial charge in [0.1, 0.15) is 0 Å². The molecule has 2 N–H and O–H groups in total. The maximum atomic E-state index is 12.3. The van der Waals surface area contributed by atoms with Gasteiger partial charge in [0, 0.05) is 37.6 Å². The Bertz CT molecular complexity index is 965. The van der Waals surface area contributed by atoms with E-state index >= 15 is 0 Å². The summed E-state index contributed by atoms with van der Waals surface area (Å²) < 4.78 is 26.8. The van der Waals surface area contributed by atoms with Gasteiger partial charge in [-0.25, -0.2) is 13.1 Å². The monoisotopic (exact) mass is 435 g/mol. The van der Waals surface area contributed by atoms with Crippen LogP contribution in [0.4, 0.5) is 0 Å². The maximum Gasteiger partial charge on any atom is 0.240 e. The van der Waals surface area contributed by atoms with Crippen LogP contribution in [-0.2, 0) is 26.2 Å². The molecule has 0 spiro atoms. The molecule has 7 nitrogen and oxygen atoms in total. The molecule has 1 saturated heterocycles. The lowest BCUT2D eigenvalue weighted by atomic mass is 10.1. The molecule has 29 heavy (non-hydrogen) atoms. The van der Waals surface area contributed by atoms with Crippen LogP contribution in [0.15, 0.2) is 59.5 Å². The van der Waals surface area contributed by atoms with Gasteiger partial charge in [0.05, 0.1) is 10.8 Å². The zero-order valence-corrected chi connectivity index (χ0v) is 17.2. The van der Waals surface area contributed by atoms with E-state index in [9.17, 15) is 18.0 Å². The van der Waals surface area contributed by atoms with E-state index in [0.717, 1.165) is 5.56 Å². The lowest BCUT2D eigenvalue weighted by Crippen LogP contribution is -2.38. The number of halogens is 1. The van der Waals surface area contributed by atoms with Crippen LogP contribution in [0, 0.1) is 5.92 Å². The van der Waals surface area contributed by atoms with Crippen LogP contribution in [0.5, 0.6) is 0 Å². The van der Waals surface area contributed by atoms with Gasteiger partial charge >= 0.3 is 0 Å². The number of sulfonamides is 1. The minimum Gasteiger partial charge on any atom is -0.354 e. The Hall–Kier alpha value is -2.42. The number of amides is 2. The fourth-order valence-electron chi connectivity index (χ4n) is 3.12. The van der Waals surface area contributed by atoms with E-state index in [2.05, 4.69) is 10.0 Å². The Kier molecular flexibility index (Phi) is 6.89. The maximum absolute atomic E-state index is 12.3. The van der Waals surface area contributed by atoms with Gasteiger partial charge < -0.3 is 10.2 Å². The molecule has 0 aliphatic carbocycles. The summed E-state index contributed by atoms with van der Waals surface area (Å²) in [4.78, 5) is 26.3. The number of rotatable bonds is 8. The van der Waals surface area contributed by atoms with Crippen LogP contribution >= 0.6 is 11.6 Å². The SMILES string of the molecule is O=C(NCCNS(=O)(=O)c1ccc(Cl)cc1)C1CC(=O)N(Cc2ccccc2)C1. The van der Waals surface area contributed by atoms with Gasteiger partial charge in [-0.15, -0.1) is 0 Å². The van der Waals surface area contributed by atoms with Gasteiger partial charge in [-0.1, -0.05) is 41.9 Å². The first-order chi connectivity index (χ1) is 13.8. The van der Waals surface area contributed by atoms with Gasteiger partial charge in [0.2, 0.25) is 21.8 Å². The third-order valence-electron chi connectivity index (χ3n) is 4.64. The summed E-state index contributed by atoms with van der Waals surface area (Å²) in [6.07, 6.45) is 0.162. The molecular formula is C20H22ClN3O4S. The molecule has 1 heterocycles. The molecule has 0 bridgehead atoms. The first-order valence-corrected chi connectivity index (χ1v) is 11.1. The van der Waals surface area contributed by atoms with Gasteiger partial charge in [-0.05, 0) is 29.8 Å². The third kappa shape index (κ3) is 5.79. The number of nitrogens with one attached hydrogen (secondary N) is 2. The highest BCUT2D eigenvalue weighted by Gasteiger charge is 2.34. The average molecular weight is 436 g/mol. The van der Waals surface area contributed by atoms with E-state index in [0.29, 0.717) is 18.1 Å². The summed E-state index contributed by atoms with van der Waals surface area (Å²) in [5, 5.41) is 3.14. The molecule has 1 aliphatic heterocycles. The fourth-order valence-corrected chi connectivity index (χ4v) is 4.27. The van der Waals surface area contributed by atoms with Crippen LogP contribution < -0.4 is 10.0 Å². The van der Waals surface area contributed by atoms with E-state index in [4.69, 9.17) is 11.6 Å². The first kappa shape index (κ1) is 21.3. The molecule has 154 valence electrons. The molecular weight excluding hydrogens is 414 g/mol. The molecule has 1 atom stereocenters. The highest BCUT2D eigenvalue weighted by Crippen LogP contribution is 2.20. The molecule has 0 radical (unpaired) electrons. The van der Waals surface area contributed by atoms with Crippen molar-refractivity contribution in [1.82, 2.24) is 14.9 Å². The van der Waals surface area contributed by atoms with Crippen LogP contribution in [0.2, 0.25) is 5.02 Å². The Balaban J connectivity index is 1.44. The molecule has 3 rings (SSSR count). The van der Waals surface area contributed by atoms with Gasteiger partial charge in [-0.3, -0.25) is 9.59 Å². The van der Waals surface area contributed by atoms with Crippen molar-refractivity contribution >= 4 is 33.4 Å². The first-order valence-electron chi connectivity index (χ1n) is 9.20. The van der Waals surface area contributed by atoms with Gasteiger partial charge in [0.25, 0.3) is 0 Å². The molecule has 2 aromatic rings. The summed E-state index contributed by atoms with van der Waals surface area (Å²) in [6, 6.07) is 15.4. The van der Waals surface area contributed by atoms with Crippen molar-refractivity contribution in [3.8, 4) is 0 Å². The molecule has 1 aliphatic rings. The fraction of sp³-hybridized carbons (Fsp3) is 0.300. The molecule has 1 fully saturated rings. The summed E-state index contributed by atoms with van der Waals surface area (Å²) >= 11 is 5.76. The number of hydrogen-bond acceptors (Lipinski definition) is 4. The zero-order valence-electron chi connectivity index (χ0n) is 15.7. The van der Waals surface area contributed by atoms with Crippen LogP contribution in [-0.4, -0.2) is 44.8 Å². The number of hydrogen-bond donors (Lipinski definition) is 2. The number of carbonyl (C=O) groups is 2. The van der Waals surface area contributed by atoms with Crippen molar-refractivity contribution in [2.24, 2.45) is 5.92 Å². The average Bonchev–Trinajstić information content (AvgIpc) is 3.07. The summed E-state index contributed by atoms with van der Waals surface area (Å²) in [7, 11) is -3.67. The molecule has 2 aromatic carbocycles. The minimum absolute atomic E-state index is 0.0467. The lowest BCUT2D eigenvalue weighted by molar-refractivity contribution is -0.129. The summed E-state index contributed by atoms with van der Waals surface area (Å²) in [5.41, 5.74) is 1.01. The number of benzene rings is 2. The highest BCUT2D eigenvalue weighted by atomic mass is 35.5. The second-order valence-corrected chi connectivity index (χ2v) is 9.01. The minimum atomic E-state index is -3.67. The molecule has 9 heteroatoms. The number of carbonyl (C=O) groups excluding carboxylic acids is 2. The van der Waals surface area contributed by atoms with Crippen molar-refractivity contribution in [3.05, 3.63) is 65.2 Å². The van der Waals surface area contributed by atoms with Crippen molar-refractivity contribution in [3.63, 3.8) is 0 Å². The predicted octanol–water partition coefficient (Wildman–Crippen LogP) is 1.78. The molecule has 0 aromatic heterocycles.